The number of carbonyl (C=O) groups is 3. The maximum atomic E-state index is 13.4. The zero-order chi connectivity index (χ0) is 28.8. The lowest BCUT2D eigenvalue weighted by molar-refractivity contribution is -0.138. The number of alkyl halides is 3. The molecule has 4 aromatic rings. The number of imide groups is 1. The highest BCUT2D eigenvalue weighted by Gasteiger charge is 2.54. The van der Waals surface area contributed by atoms with Crippen LogP contribution in [-0.2, 0) is 27.8 Å². The molecule has 16 heteroatoms. The van der Waals surface area contributed by atoms with Crippen molar-refractivity contribution in [1.82, 2.24) is 29.6 Å². The van der Waals surface area contributed by atoms with E-state index >= 15 is 0 Å². The van der Waals surface area contributed by atoms with Gasteiger partial charge in [0.1, 0.15) is 27.8 Å². The quantitative estimate of drug-likeness (QED) is 0.300. The first-order chi connectivity index (χ1) is 18.9. The van der Waals surface area contributed by atoms with Crippen LogP contribution < -0.4 is 11.1 Å². The fourth-order valence-corrected chi connectivity index (χ4v) is 4.92. The summed E-state index contributed by atoms with van der Waals surface area (Å²) in [6.07, 6.45) is -1.04. The van der Waals surface area contributed by atoms with Crippen molar-refractivity contribution in [3.63, 3.8) is 0 Å². The second-order valence-electron chi connectivity index (χ2n) is 9.19. The zero-order valence-corrected chi connectivity index (χ0v) is 21.8. The average Bonchev–Trinajstić information content (AvgIpc) is 3.17. The van der Waals surface area contributed by atoms with E-state index in [1.165, 1.54) is 29.4 Å². The number of aromatic nitrogens is 5. The van der Waals surface area contributed by atoms with E-state index in [2.05, 4.69) is 25.4 Å². The van der Waals surface area contributed by atoms with Crippen molar-refractivity contribution in [2.75, 3.05) is 11.1 Å². The Balaban J connectivity index is 1.37. The number of pyridine rings is 1. The molecule has 4 heterocycles. The predicted molar refractivity (Wildman–Crippen MR) is 135 cm³/mol. The highest BCUT2D eigenvalue weighted by molar-refractivity contribution is 7.13. The largest absolute Gasteiger partial charge is 0.418 e. The Hall–Kier alpha value is -4.60. The minimum atomic E-state index is -4.57. The van der Waals surface area contributed by atoms with Crippen LogP contribution in [0.2, 0.25) is 0 Å². The first-order valence-corrected chi connectivity index (χ1v) is 12.6. The van der Waals surface area contributed by atoms with Crippen LogP contribution in [0.1, 0.15) is 46.0 Å². The molecule has 5 rings (SSSR count). The van der Waals surface area contributed by atoms with Crippen LogP contribution in [0.3, 0.4) is 0 Å². The number of hydrogen-bond acceptors (Lipinski definition) is 10. The molecule has 208 valence electrons. The topological polar surface area (TPSA) is 162 Å². The third-order valence-corrected chi connectivity index (χ3v) is 7.28. The van der Waals surface area contributed by atoms with E-state index in [1.807, 2.05) is 0 Å². The van der Waals surface area contributed by atoms with Crippen LogP contribution in [0.5, 0.6) is 0 Å². The molecule has 4 aromatic heterocycles. The maximum absolute atomic E-state index is 13.4. The Morgan fingerprint density at radius 2 is 2.02 bits per heavy atom. The normalized spacial score (nSPS) is 14.1. The number of imidazole rings is 1. The van der Waals surface area contributed by atoms with Crippen molar-refractivity contribution in [3.8, 4) is 10.6 Å². The summed E-state index contributed by atoms with van der Waals surface area (Å²) in [4.78, 5) is 51.3. The first kappa shape index (κ1) is 27.0. The molecule has 1 aliphatic carbocycles. The van der Waals surface area contributed by atoms with Crippen molar-refractivity contribution < 1.29 is 32.1 Å². The van der Waals surface area contributed by atoms with Gasteiger partial charge in [-0.3, -0.25) is 24.3 Å². The lowest BCUT2D eigenvalue weighted by Gasteiger charge is -2.21. The smallest absolute Gasteiger partial charge is 0.382 e. The van der Waals surface area contributed by atoms with Crippen LogP contribution in [0, 0.1) is 13.8 Å². The van der Waals surface area contributed by atoms with Gasteiger partial charge in [0.2, 0.25) is 6.41 Å². The van der Waals surface area contributed by atoms with Gasteiger partial charge in [0.15, 0.2) is 11.5 Å². The molecule has 0 atom stereocenters. The van der Waals surface area contributed by atoms with Crippen molar-refractivity contribution >= 4 is 41.2 Å². The van der Waals surface area contributed by atoms with Crippen molar-refractivity contribution in [3.05, 3.63) is 58.4 Å². The number of nitrogens with zero attached hydrogens (tertiary/aromatic N) is 6. The van der Waals surface area contributed by atoms with E-state index in [9.17, 15) is 27.6 Å². The summed E-state index contributed by atoms with van der Waals surface area (Å²) < 4.78 is 46.2. The van der Waals surface area contributed by atoms with Crippen LogP contribution in [-0.4, -0.2) is 47.8 Å². The van der Waals surface area contributed by atoms with Gasteiger partial charge in [-0.2, -0.15) is 13.2 Å². The molecular formula is C24H21F3N8O4S. The van der Waals surface area contributed by atoms with Crippen LogP contribution in [0.15, 0.2) is 34.6 Å². The lowest BCUT2D eigenvalue weighted by Crippen LogP contribution is -2.38. The molecule has 12 nitrogen and oxygen atoms in total. The zero-order valence-electron chi connectivity index (χ0n) is 21.0. The second kappa shape index (κ2) is 9.86. The third kappa shape index (κ3) is 4.92. The summed E-state index contributed by atoms with van der Waals surface area (Å²) in [5, 5.41) is 8.16. The lowest BCUT2D eigenvalue weighted by atomic mass is 10.1. The number of nitrogen functional groups attached to an aromatic ring is 1. The summed E-state index contributed by atoms with van der Waals surface area (Å²) in [5.41, 5.74) is 4.05. The first-order valence-electron chi connectivity index (χ1n) is 11.8. The standard InChI is InChI=1S/C24H21F3N8O4S/c1-12-5-15(33-39-12)8-34(11-36)21(37)18-19(28)30-10-35(18)23(3-4-23)22(38)32-17-9-40-20(31-17)14-6-16(24(25,26)27)13(2)29-7-14/h5-7,9-11H,3-4,8,28H2,1-2H3,(H,32,38). The Bertz CT molecular complexity index is 1620. The minimum Gasteiger partial charge on any atom is -0.382 e. The van der Waals surface area contributed by atoms with Crippen LogP contribution in [0.4, 0.5) is 24.8 Å². The number of hydrogen-bond donors (Lipinski definition) is 2. The summed E-state index contributed by atoms with van der Waals surface area (Å²) in [6, 6.07) is 2.53. The number of aryl methyl sites for hydroxylation is 2. The fraction of sp³-hybridized carbons (Fsp3) is 0.292. The van der Waals surface area contributed by atoms with Gasteiger partial charge in [0, 0.05) is 28.9 Å². The monoisotopic (exact) mass is 574 g/mol. The van der Waals surface area contributed by atoms with Crippen LogP contribution in [0.25, 0.3) is 10.6 Å². The predicted octanol–water partition coefficient (Wildman–Crippen LogP) is 3.53. The number of anilines is 2. The van der Waals surface area contributed by atoms with Gasteiger partial charge in [-0.1, -0.05) is 5.16 Å². The molecular weight excluding hydrogens is 553 g/mol. The van der Waals surface area contributed by atoms with Gasteiger partial charge in [0.25, 0.3) is 11.8 Å². The van der Waals surface area contributed by atoms with Crippen molar-refractivity contribution in [2.24, 2.45) is 0 Å². The van der Waals surface area contributed by atoms with E-state index in [0.29, 0.717) is 30.7 Å². The molecule has 40 heavy (non-hydrogen) atoms. The number of amides is 3. The number of nitrogens with one attached hydrogen (secondary N) is 1. The SMILES string of the molecule is Cc1cc(CN(C=O)C(=O)c2c(N)ncn2C2(C(=O)Nc3csc(-c4cnc(C)c(C(F)(F)F)c4)n3)CC2)no1. The Labute approximate surface area is 228 Å². The van der Waals surface area contributed by atoms with Gasteiger partial charge in [0.05, 0.1) is 18.4 Å². The third-order valence-electron chi connectivity index (χ3n) is 6.39. The summed E-state index contributed by atoms with van der Waals surface area (Å²) >= 11 is 1.03. The molecule has 0 aliphatic heterocycles. The van der Waals surface area contributed by atoms with Gasteiger partial charge < -0.3 is 20.1 Å². The van der Waals surface area contributed by atoms with E-state index in [1.54, 1.807) is 13.0 Å². The molecule has 0 saturated heterocycles. The summed E-state index contributed by atoms with van der Waals surface area (Å²) in [7, 11) is 0. The summed E-state index contributed by atoms with van der Waals surface area (Å²) in [6.45, 7) is 2.74. The molecule has 3 amide bonds. The molecule has 3 N–H and O–H groups in total. The minimum absolute atomic E-state index is 0.113. The maximum Gasteiger partial charge on any atom is 0.418 e. The molecule has 0 aromatic carbocycles. The van der Waals surface area contributed by atoms with Gasteiger partial charge >= 0.3 is 6.18 Å². The number of rotatable bonds is 8. The highest BCUT2D eigenvalue weighted by Crippen LogP contribution is 2.46. The van der Waals surface area contributed by atoms with E-state index in [4.69, 9.17) is 10.3 Å². The number of carbonyl (C=O) groups excluding carboxylic acids is 3. The van der Waals surface area contributed by atoms with Gasteiger partial charge in [-0.15, -0.1) is 11.3 Å². The molecule has 0 spiro atoms. The Morgan fingerprint density at radius 3 is 2.65 bits per heavy atom. The number of halogens is 3. The number of thiazole rings is 1. The van der Waals surface area contributed by atoms with Crippen molar-refractivity contribution in [2.45, 2.75) is 44.9 Å². The number of nitrogens with two attached hydrogens (primary N) is 1. The molecule has 1 saturated carbocycles. The fourth-order valence-electron chi connectivity index (χ4n) is 4.19. The van der Waals surface area contributed by atoms with Crippen LogP contribution >= 0.6 is 11.3 Å². The Morgan fingerprint density at radius 1 is 1.27 bits per heavy atom. The molecule has 1 aliphatic rings. The van der Waals surface area contributed by atoms with Gasteiger partial charge in [-0.05, 0) is 32.8 Å². The molecule has 0 unspecified atom stereocenters. The van der Waals surface area contributed by atoms with Gasteiger partial charge in [-0.25, -0.2) is 9.97 Å². The van der Waals surface area contributed by atoms with Crippen molar-refractivity contribution in [1.29, 1.82) is 0 Å². The summed E-state index contributed by atoms with van der Waals surface area (Å²) in [5.74, 6) is -0.875. The molecule has 0 bridgehead atoms. The Kier molecular flexibility index (Phi) is 6.65. The highest BCUT2D eigenvalue weighted by atomic mass is 32.1. The van der Waals surface area contributed by atoms with E-state index in [-0.39, 0.29) is 40.1 Å². The van der Waals surface area contributed by atoms with E-state index < -0.39 is 29.1 Å². The molecule has 1 fully saturated rings. The molecule has 0 radical (unpaired) electrons. The average molecular weight is 575 g/mol. The van der Waals surface area contributed by atoms with E-state index in [0.717, 1.165) is 22.3 Å². The second-order valence-corrected chi connectivity index (χ2v) is 10.1.